The Morgan fingerprint density at radius 1 is 0.769 bits per heavy atom. The standard InChI is InChI=1S/C8H6N2Se3/c1-3-9-7-5(11-3)6-8(13-7)10-4(2)12-6/h1-2H3. The summed E-state index contributed by atoms with van der Waals surface area (Å²) in [5.74, 6) is 0. The Kier molecular flexibility index (Phi) is 1.96. The van der Waals surface area contributed by atoms with Gasteiger partial charge in [-0.1, -0.05) is 0 Å². The number of fused-ring (bicyclic) bond motifs is 3. The third kappa shape index (κ3) is 1.27. The van der Waals surface area contributed by atoms with Crippen LogP contribution in [0.1, 0.15) is 9.14 Å². The van der Waals surface area contributed by atoms with Crippen molar-refractivity contribution in [2.75, 3.05) is 0 Å². The molecule has 0 fully saturated rings. The Labute approximate surface area is 93.2 Å². The summed E-state index contributed by atoms with van der Waals surface area (Å²) in [6.45, 7) is 4.31. The summed E-state index contributed by atoms with van der Waals surface area (Å²) in [6.07, 6.45) is 0. The quantitative estimate of drug-likeness (QED) is 0.544. The Morgan fingerprint density at radius 3 is 1.69 bits per heavy atom. The molecular formula is C8H6N2Se3. The molecule has 2 nitrogen and oxygen atoms in total. The van der Waals surface area contributed by atoms with Crippen LogP contribution in [0.2, 0.25) is 0 Å². The zero-order chi connectivity index (χ0) is 9.00. The molecule has 0 amide bonds. The second kappa shape index (κ2) is 2.93. The van der Waals surface area contributed by atoms with Gasteiger partial charge in [-0.05, 0) is 0 Å². The fourth-order valence-electron chi connectivity index (χ4n) is 1.33. The van der Waals surface area contributed by atoms with E-state index in [0.717, 1.165) is 0 Å². The van der Waals surface area contributed by atoms with E-state index in [-0.39, 0.29) is 0 Å². The van der Waals surface area contributed by atoms with Crippen LogP contribution in [-0.4, -0.2) is 53.5 Å². The molecule has 0 unspecified atom stereocenters. The van der Waals surface area contributed by atoms with Crippen LogP contribution in [0.5, 0.6) is 0 Å². The van der Waals surface area contributed by atoms with Crippen molar-refractivity contribution in [2.24, 2.45) is 0 Å². The molecule has 0 saturated heterocycles. The summed E-state index contributed by atoms with van der Waals surface area (Å²) in [7, 11) is 0. The summed E-state index contributed by atoms with van der Waals surface area (Å²) < 4.78 is 8.69. The van der Waals surface area contributed by atoms with Crippen LogP contribution in [0.25, 0.3) is 17.3 Å². The number of hydrogen-bond acceptors (Lipinski definition) is 2. The van der Waals surface area contributed by atoms with Crippen LogP contribution in [0.4, 0.5) is 0 Å². The minimum atomic E-state index is 0.448. The maximum atomic E-state index is 4.61. The summed E-state index contributed by atoms with van der Waals surface area (Å²) in [4.78, 5) is 9.22. The first-order chi connectivity index (χ1) is 6.24. The van der Waals surface area contributed by atoms with Crippen molar-refractivity contribution in [3.8, 4) is 0 Å². The van der Waals surface area contributed by atoms with Gasteiger partial charge in [0.1, 0.15) is 0 Å². The summed E-state index contributed by atoms with van der Waals surface area (Å²) in [6, 6.07) is 0. The summed E-state index contributed by atoms with van der Waals surface area (Å²) in [5.41, 5.74) is 0. The molecule has 3 aromatic rings. The van der Waals surface area contributed by atoms with Crippen molar-refractivity contribution in [1.82, 2.24) is 9.97 Å². The first-order valence-electron chi connectivity index (χ1n) is 3.87. The van der Waals surface area contributed by atoms with Gasteiger partial charge in [-0.25, -0.2) is 0 Å². The molecule has 0 atom stereocenters. The molecule has 3 rings (SSSR count). The number of rotatable bonds is 0. The van der Waals surface area contributed by atoms with Crippen molar-refractivity contribution in [3.05, 3.63) is 9.14 Å². The van der Waals surface area contributed by atoms with Crippen LogP contribution < -0.4 is 0 Å². The Balaban J connectivity index is 2.56. The van der Waals surface area contributed by atoms with E-state index in [1.165, 1.54) is 17.9 Å². The predicted octanol–water partition coefficient (Wildman–Crippen LogP) is 0.571. The van der Waals surface area contributed by atoms with Crippen molar-refractivity contribution in [1.29, 1.82) is 0 Å². The van der Waals surface area contributed by atoms with Crippen LogP contribution in [0.15, 0.2) is 0 Å². The number of aryl methyl sites for hydroxylation is 2. The molecule has 0 saturated carbocycles. The van der Waals surface area contributed by atoms with Crippen LogP contribution >= 0.6 is 0 Å². The van der Waals surface area contributed by atoms with E-state index in [1.54, 1.807) is 8.52 Å². The Hall–Kier alpha value is 0.378. The minimum absolute atomic E-state index is 0.448. The van der Waals surface area contributed by atoms with Crippen molar-refractivity contribution in [3.63, 3.8) is 0 Å². The van der Waals surface area contributed by atoms with Gasteiger partial charge in [-0.15, -0.1) is 0 Å². The molecule has 0 aromatic carbocycles. The third-order valence-corrected chi connectivity index (χ3v) is 9.97. The molecule has 0 N–H and O–H groups in total. The van der Waals surface area contributed by atoms with Gasteiger partial charge in [0.05, 0.1) is 0 Å². The zero-order valence-electron chi connectivity index (χ0n) is 7.12. The number of aromatic nitrogens is 2. The number of hydrogen-bond donors (Lipinski definition) is 0. The van der Waals surface area contributed by atoms with Gasteiger partial charge in [0.25, 0.3) is 0 Å². The topological polar surface area (TPSA) is 25.8 Å². The fraction of sp³-hybridized carbons (Fsp3) is 0.250. The maximum absolute atomic E-state index is 4.61. The van der Waals surface area contributed by atoms with Gasteiger partial charge in [0.15, 0.2) is 0 Å². The molecule has 0 radical (unpaired) electrons. The average molecular weight is 367 g/mol. The van der Waals surface area contributed by atoms with Gasteiger partial charge in [-0.3, -0.25) is 0 Å². The summed E-state index contributed by atoms with van der Waals surface area (Å²) >= 11 is 1.52. The van der Waals surface area contributed by atoms with E-state index in [0.29, 0.717) is 43.5 Å². The third-order valence-electron chi connectivity index (χ3n) is 1.81. The van der Waals surface area contributed by atoms with Gasteiger partial charge >= 0.3 is 93.8 Å². The molecule has 3 heterocycles. The molecule has 13 heavy (non-hydrogen) atoms. The van der Waals surface area contributed by atoms with Crippen LogP contribution in [0.3, 0.4) is 0 Å². The number of nitrogens with zero attached hydrogens (tertiary/aromatic N) is 2. The van der Waals surface area contributed by atoms with Gasteiger partial charge in [0.2, 0.25) is 0 Å². The SMILES string of the molecule is Cc1nc2[se]c3nc(C)[se]c3c2[se]1. The second-order valence-corrected chi connectivity index (χ2v) is 9.94. The molecule has 0 bridgehead atoms. The monoisotopic (exact) mass is 370 g/mol. The van der Waals surface area contributed by atoms with Crippen LogP contribution in [0, 0.1) is 13.8 Å². The molecular weight excluding hydrogens is 361 g/mol. The molecule has 3 aromatic heterocycles. The van der Waals surface area contributed by atoms with Gasteiger partial charge < -0.3 is 0 Å². The van der Waals surface area contributed by atoms with E-state index < -0.39 is 0 Å². The fourth-order valence-corrected chi connectivity index (χ4v) is 10.4. The summed E-state index contributed by atoms with van der Waals surface area (Å²) in [5, 5.41) is 0. The van der Waals surface area contributed by atoms with E-state index in [2.05, 4.69) is 23.8 Å². The first-order valence-corrected chi connectivity index (χ1v) is 9.01. The Morgan fingerprint density at radius 2 is 1.23 bits per heavy atom. The van der Waals surface area contributed by atoms with Gasteiger partial charge in [0, 0.05) is 0 Å². The first kappa shape index (κ1) is 8.67. The van der Waals surface area contributed by atoms with E-state index in [1.807, 2.05) is 0 Å². The molecule has 66 valence electrons. The second-order valence-electron chi connectivity index (χ2n) is 2.84. The molecule has 0 aliphatic heterocycles. The average Bonchev–Trinajstić information content (AvgIpc) is 2.60. The Bertz CT molecular complexity index is 536. The van der Waals surface area contributed by atoms with E-state index in [4.69, 9.17) is 0 Å². The predicted molar refractivity (Wildman–Crippen MR) is 57.3 cm³/mol. The van der Waals surface area contributed by atoms with Crippen LogP contribution in [-0.2, 0) is 0 Å². The molecule has 0 aliphatic carbocycles. The van der Waals surface area contributed by atoms with E-state index in [9.17, 15) is 0 Å². The molecule has 5 heteroatoms. The van der Waals surface area contributed by atoms with Crippen molar-refractivity contribution < 1.29 is 0 Å². The van der Waals surface area contributed by atoms with Crippen molar-refractivity contribution >= 4 is 60.8 Å². The zero-order valence-corrected chi connectivity index (χ0v) is 12.3. The van der Waals surface area contributed by atoms with Crippen molar-refractivity contribution in [2.45, 2.75) is 13.8 Å². The molecule has 0 spiro atoms. The van der Waals surface area contributed by atoms with Gasteiger partial charge in [-0.2, -0.15) is 0 Å². The normalized spacial score (nSPS) is 11.8. The van der Waals surface area contributed by atoms with E-state index >= 15 is 0 Å². The molecule has 0 aliphatic rings.